The second-order valence-corrected chi connectivity index (χ2v) is 7.88. The Hall–Kier alpha value is -3.16. The van der Waals surface area contributed by atoms with Crippen LogP contribution in [0.15, 0.2) is 96.4 Å². The summed E-state index contributed by atoms with van der Waals surface area (Å²) >= 11 is 1.83. The highest BCUT2D eigenvalue weighted by atomic mass is 32.1. The standard InChI is InChI=1S/C26H16S/c1-2-8-19-18(7-1)16-27-26(19)17-13-14-24-22-11-4-3-9-20(22)21-10-5-6-12-23(21)25(24)15-17/h1-16H. The van der Waals surface area contributed by atoms with E-state index in [0.29, 0.717) is 0 Å². The molecule has 0 amide bonds. The van der Waals surface area contributed by atoms with Crippen LogP contribution in [0.4, 0.5) is 0 Å². The third-order valence-corrected chi connectivity index (χ3v) is 6.58. The van der Waals surface area contributed by atoms with E-state index in [1.165, 1.54) is 53.5 Å². The molecule has 0 aliphatic carbocycles. The van der Waals surface area contributed by atoms with Crippen molar-refractivity contribution in [2.75, 3.05) is 0 Å². The normalized spacial score (nSPS) is 11.7. The molecule has 0 atom stereocenters. The van der Waals surface area contributed by atoms with E-state index in [1.807, 2.05) is 11.3 Å². The molecular formula is C26H16S. The predicted octanol–water partition coefficient (Wildman–Crippen LogP) is 8.03. The van der Waals surface area contributed by atoms with Gasteiger partial charge in [0.2, 0.25) is 0 Å². The fourth-order valence-corrected chi connectivity index (χ4v) is 5.29. The van der Waals surface area contributed by atoms with Gasteiger partial charge in [-0.25, -0.2) is 0 Å². The van der Waals surface area contributed by atoms with Gasteiger partial charge in [0.1, 0.15) is 0 Å². The average Bonchev–Trinajstić information content (AvgIpc) is 3.18. The maximum Gasteiger partial charge on any atom is 0.0421 e. The lowest BCUT2D eigenvalue weighted by Crippen LogP contribution is -1.84. The van der Waals surface area contributed by atoms with Crippen LogP contribution in [0.5, 0.6) is 0 Å². The van der Waals surface area contributed by atoms with Crippen molar-refractivity contribution in [1.29, 1.82) is 0 Å². The van der Waals surface area contributed by atoms with Gasteiger partial charge < -0.3 is 0 Å². The van der Waals surface area contributed by atoms with Gasteiger partial charge in [-0.2, -0.15) is 0 Å². The molecule has 0 fully saturated rings. The summed E-state index contributed by atoms with van der Waals surface area (Å²) in [5.74, 6) is 0. The SMILES string of the molecule is c1ccc2c(-c3ccc4c5ccccc5c5ccccc5c4c3)scc2c1. The van der Waals surface area contributed by atoms with E-state index in [-0.39, 0.29) is 0 Å². The van der Waals surface area contributed by atoms with E-state index in [1.54, 1.807) is 0 Å². The topological polar surface area (TPSA) is 0 Å². The van der Waals surface area contributed by atoms with E-state index >= 15 is 0 Å². The number of hydrogen-bond donors (Lipinski definition) is 0. The molecule has 0 unspecified atom stereocenters. The molecule has 1 heterocycles. The minimum absolute atomic E-state index is 1.30. The van der Waals surface area contributed by atoms with Crippen molar-refractivity contribution in [2.45, 2.75) is 0 Å². The van der Waals surface area contributed by atoms with Crippen molar-refractivity contribution in [3.8, 4) is 10.4 Å². The van der Waals surface area contributed by atoms with Gasteiger partial charge in [-0.15, -0.1) is 11.3 Å². The van der Waals surface area contributed by atoms with Crippen molar-refractivity contribution in [2.24, 2.45) is 0 Å². The second-order valence-electron chi connectivity index (χ2n) is 7.00. The smallest absolute Gasteiger partial charge is 0.0421 e. The number of rotatable bonds is 1. The third-order valence-electron chi connectivity index (χ3n) is 5.52. The molecule has 5 aromatic carbocycles. The Balaban J connectivity index is 1.76. The molecule has 0 saturated carbocycles. The lowest BCUT2D eigenvalue weighted by atomic mass is 9.93. The first-order valence-electron chi connectivity index (χ1n) is 9.20. The molecular weight excluding hydrogens is 344 g/mol. The van der Waals surface area contributed by atoms with E-state index in [0.717, 1.165) is 0 Å². The molecule has 0 spiro atoms. The van der Waals surface area contributed by atoms with Gasteiger partial charge in [0.15, 0.2) is 0 Å². The monoisotopic (exact) mass is 360 g/mol. The first-order valence-corrected chi connectivity index (χ1v) is 10.1. The Kier molecular flexibility index (Phi) is 3.14. The number of benzene rings is 5. The zero-order chi connectivity index (χ0) is 17.8. The Labute approximate surface area is 161 Å². The third kappa shape index (κ3) is 2.16. The second kappa shape index (κ2) is 5.67. The first-order chi connectivity index (χ1) is 13.4. The summed E-state index contributed by atoms with van der Waals surface area (Å²) in [6.45, 7) is 0. The van der Waals surface area contributed by atoms with Crippen LogP contribution < -0.4 is 0 Å². The summed E-state index contributed by atoms with van der Waals surface area (Å²) in [5, 5.41) is 12.9. The van der Waals surface area contributed by atoms with E-state index < -0.39 is 0 Å². The highest BCUT2D eigenvalue weighted by Gasteiger charge is 2.11. The Morgan fingerprint density at radius 1 is 0.444 bits per heavy atom. The maximum absolute atomic E-state index is 2.38. The molecule has 0 nitrogen and oxygen atoms in total. The van der Waals surface area contributed by atoms with Crippen LogP contribution in [0.1, 0.15) is 0 Å². The molecule has 1 aromatic heterocycles. The lowest BCUT2D eigenvalue weighted by Gasteiger charge is -2.11. The van der Waals surface area contributed by atoms with Gasteiger partial charge in [0.25, 0.3) is 0 Å². The van der Waals surface area contributed by atoms with Crippen molar-refractivity contribution in [3.63, 3.8) is 0 Å². The Morgan fingerprint density at radius 3 is 1.63 bits per heavy atom. The maximum atomic E-state index is 2.38. The molecule has 0 aliphatic heterocycles. The van der Waals surface area contributed by atoms with Gasteiger partial charge in [-0.1, -0.05) is 84.9 Å². The van der Waals surface area contributed by atoms with Gasteiger partial charge in [-0.3, -0.25) is 0 Å². The van der Waals surface area contributed by atoms with Crippen LogP contribution in [0.3, 0.4) is 0 Å². The Morgan fingerprint density at radius 2 is 0.963 bits per heavy atom. The van der Waals surface area contributed by atoms with Crippen LogP contribution in [0, 0.1) is 0 Å². The molecule has 1 heteroatoms. The highest BCUT2D eigenvalue weighted by Crippen LogP contribution is 2.40. The summed E-state index contributed by atoms with van der Waals surface area (Å²) in [7, 11) is 0. The van der Waals surface area contributed by atoms with Gasteiger partial charge >= 0.3 is 0 Å². The minimum atomic E-state index is 1.30. The highest BCUT2D eigenvalue weighted by molar-refractivity contribution is 7.15. The van der Waals surface area contributed by atoms with Gasteiger partial charge in [-0.05, 0) is 54.7 Å². The van der Waals surface area contributed by atoms with Crippen LogP contribution in [0.2, 0.25) is 0 Å². The van der Waals surface area contributed by atoms with E-state index in [2.05, 4.69) is 96.4 Å². The van der Waals surface area contributed by atoms with Crippen LogP contribution in [0.25, 0.3) is 53.5 Å². The summed E-state index contributed by atoms with van der Waals surface area (Å²) in [6.07, 6.45) is 0. The van der Waals surface area contributed by atoms with E-state index in [9.17, 15) is 0 Å². The van der Waals surface area contributed by atoms with Crippen LogP contribution >= 0.6 is 11.3 Å². The Bertz CT molecular complexity index is 1430. The number of thiophene rings is 1. The molecule has 0 aliphatic rings. The molecule has 0 bridgehead atoms. The lowest BCUT2D eigenvalue weighted by molar-refractivity contribution is 1.76. The first kappa shape index (κ1) is 15.0. The van der Waals surface area contributed by atoms with Crippen LogP contribution in [-0.4, -0.2) is 0 Å². The zero-order valence-corrected chi connectivity index (χ0v) is 15.5. The number of hydrogen-bond acceptors (Lipinski definition) is 1. The molecule has 0 N–H and O–H groups in total. The largest absolute Gasteiger partial charge is 0.143 e. The van der Waals surface area contributed by atoms with Gasteiger partial charge in [0.05, 0.1) is 0 Å². The summed E-state index contributed by atoms with van der Waals surface area (Å²) in [6, 6.07) is 33.1. The van der Waals surface area contributed by atoms with E-state index in [4.69, 9.17) is 0 Å². The molecule has 0 radical (unpaired) electrons. The van der Waals surface area contributed by atoms with Gasteiger partial charge in [0, 0.05) is 10.3 Å². The van der Waals surface area contributed by atoms with Crippen LogP contribution in [-0.2, 0) is 0 Å². The molecule has 0 saturated heterocycles. The fourth-order valence-electron chi connectivity index (χ4n) is 4.26. The quantitative estimate of drug-likeness (QED) is 0.260. The van der Waals surface area contributed by atoms with Crippen molar-refractivity contribution >= 4 is 54.4 Å². The average molecular weight is 360 g/mol. The number of fused-ring (bicyclic) bond motifs is 7. The fraction of sp³-hybridized carbons (Fsp3) is 0. The van der Waals surface area contributed by atoms with Crippen molar-refractivity contribution in [3.05, 3.63) is 96.4 Å². The molecule has 27 heavy (non-hydrogen) atoms. The van der Waals surface area contributed by atoms with Crippen molar-refractivity contribution < 1.29 is 0 Å². The predicted molar refractivity (Wildman–Crippen MR) is 120 cm³/mol. The minimum Gasteiger partial charge on any atom is -0.143 e. The summed E-state index contributed by atoms with van der Waals surface area (Å²) in [5.41, 5.74) is 1.30. The zero-order valence-electron chi connectivity index (χ0n) is 14.6. The van der Waals surface area contributed by atoms with Crippen molar-refractivity contribution in [1.82, 2.24) is 0 Å². The summed E-state index contributed by atoms with van der Waals surface area (Å²) < 4.78 is 0. The summed E-state index contributed by atoms with van der Waals surface area (Å²) in [4.78, 5) is 1.35. The molecule has 126 valence electrons. The molecule has 6 aromatic rings. The molecule has 6 rings (SSSR count).